The molecule has 0 aromatic carbocycles. The minimum absolute atomic E-state index is 0.0460. The molecule has 8 nitrogen and oxygen atoms in total. The molecule has 0 aliphatic heterocycles. The van der Waals surface area contributed by atoms with Gasteiger partial charge in [0.2, 0.25) is 0 Å². The summed E-state index contributed by atoms with van der Waals surface area (Å²) < 4.78 is 18.8. The molecule has 0 saturated heterocycles. The van der Waals surface area contributed by atoms with E-state index in [1.807, 2.05) is 0 Å². The van der Waals surface area contributed by atoms with Crippen LogP contribution >= 0.6 is 0 Å². The molecule has 0 aliphatic rings. The second-order valence-electron chi connectivity index (χ2n) is 7.04. The highest BCUT2D eigenvalue weighted by atomic mass is 16.6. The molecule has 0 fully saturated rings. The van der Waals surface area contributed by atoms with Crippen LogP contribution in [0.25, 0.3) is 0 Å². The first-order valence-electron chi connectivity index (χ1n) is 10.1. The molecular weight excluding hydrogens is 376 g/mol. The normalized spacial score (nSPS) is 15.4. The fourth-order valence-electron chi connectivity index (χ4n) is 2.67. The molecule has 0 spiro atoms. The number of aryl methyl sites for hydroxylation is 1. The van der Waals surface area contributed by atoms with Gasteiger partial charge < -0.3 is 19.3 Å². The van der Waals surface area contributed by atoms with Crippen LogP contribution in [-0.4, -0.2) is 52.8 Å². The second-order valence-corrected chi connectivity index (χ2v) is 7.04. The van der Waals surface area contributed by atoms with Crippen LogP contribution in [0.4, 0.5) is 0 Å². The van der Waals surface area contributed by atoms with E-state index in [-0.39, 0.29) is 6.61 Å². The molecule has 0 radical (unpaired) electrons. The van der Waals surface area contributed by atoms with Crippen LogP contribution in [0.3, 0.4) is 0 Å². The van der Waals surface area contributed by atoms with E-state index in [0.717, 1.165) is 30.3 Å². The summed E-state index contributed by atoms with van der Waals surface area (Å²) in [5, 5.41) is 9.90. The number of aliphatic hydroxyl groups excluding tert-OH is 1. The van der Waals surface area contributed by atoms with Gasteiger partial charge in [0.1, 0.15) is 0 Å². The van der Waals surface area contributed by atoms with E-state index in [0.29, 0.717) is 18.8 Å². The maximum Gasteiger partial charge on any atom is 0.330 e. The summed E-state index contributed by atoms with van der Waals surface area (Å²) in [6, 6.07) is 0. The molecule has 1 aromatic rings. The molecular formula is C21H34N2O6. The van der Waals surface area contributed by atoms with Gasteiger partial charge in [-0.2, -0.15) is 0 Å². The van der Waals surface area contributed by atoms with E-state index in [4.69, 9.17) is 20.6 Å². The van der Waals surface area contributed by atoms with Crippen molar-refractivity contribution >= 4 is 0 Å². The summed E-state index contributed by atoms with van der Waals surface area (Å²) in [6.07, 6.45) is 9.19. The average molecular weight is 411 g/mol. The maximum absolute atomic E-state index is 12.2. The highest BCUT2D eigenvalue weighted by Crippen LogP contribution is 2.25. The first kappa shape index (κ1) is 25.1. The lowest BCUT2D eigenvalue weighted by atomic mass is 9.99. The summed E-state index contributed by atoms with van der Waals surface area (Å²) in [6.45, 7) is 7.98. The number of unbranched alkanes of at least 4 members (excludes halogenated alkanes) is 2. The zero-order valence-corrected chi connectivity index (χ0v) is 17.9. The van der Waals surface area contributed by atoms with Crippen LogP contribution in [0.15, 0.2) is 15.8 Å². The Balaban J connectivity index is 3.18. The predicted octanol–water partition coefficient (Wildman–Crippen LogP) is 1.75. The average Bonchev–Trinajstić information content (AvgIpc) is 2.71. The van der Waals surface area contributed by atoms with Crippen LogP contribution in [0.5, 0.6) is 0 Å². The SMILES string of the molecule is C#C[C@](COCCCC)(O[C@H](CO)n1cc(C)c(=O)[nH]c1=O)[C@@H](C)OCCCC. The van der Waals surface area contributed by atoms with Crippen molar-refractivity contribution in [1.29, 1.82) is 0 Å². The minimum atomic E-state index is -1.32. The van der Waals surface area contributed by atoms with Gasteiger partial charge in [0, 0.05) is 25.0 Å². The van der Waals surface area contributed by atoms with Crippen molar-refractivity contribution in [3.8, 4) is 12.3 Å². The van der Waals surface area contributed by atoms with E-state index in [2.05, 4.69) is 24.8 Å². The van der Waals surface area contributed by atoms with Crippen molar-refractivity contribution in [2.45, 2.75) is 71.3 Å². The lowest BCUT2D eigenvalue weighted by molar-refractivity contribution is -0.192. The smallest absolute Gasteiger partial charge is 0.330 e. The molecule has 3 atom stereocenters. The van der Waals surface area contributed by atoms with E-state index < -0.39 is 35.8 Å². The Bertz CT molecular complexity index is 766. The minimum Gasteiger partial charge on any atom is -0.392 e. The van der Waals surface area contributed by atoms with Crippen molar-refractivity contribution < 1.29 is 19.3 Å². The standard InChI is InChI=1S/C21H34N2O6/c1-6-9-11-27-15-21(8-3,17(5)28-12-10-7-2)29-18(14-24)23-13-16(4)19(25)22-20(23)26/h3,13,17-18,24H,6-7,9-12,14-15H2,1-2,4-5H3,(H,22,25,26)/t17-,18-,21-/m1/s1. The number of ether oxygens (including phenoxy) is 3. The van der Waals surface area contributed by atoms with Crippen molar-refractivity contribution in [3.05, 3.63) is 32.6 Å². The topological polar surface area (TPSA) is 103 Å². The van der Waals surface area contributed by atoms with Crippen molar-refractivity contribution in [2.24, 2.45) is 0 Å². The molecule has 0 bridgehead atoms. The van der Waals surface area contributed by atoms with Crippen molar-refractivity contribution in [2.75, 3.05) is 26.4 Å². The molecule has 2 N–H and O–H groups in total. The molecule has 0 unspecified atom stereocenters. The van der Waals surface area contributed by atoms with E-state index in [9.17, 15) is 14.7 Å². The fraction of sp³-hybridized carbons (Fsp3) is 0.714. The van der Waals surface area contributed by atoms with Crippen LogP contribution < -0.4 is 11.2 Å². The van der Waals surface area contributed by atoms with Crippen molar-refractivity contribution in [1.82, 2.24) is 9.55 Å². The Morgan fingerprint density at radius 1 is 1.28 bits per heavy atom. The fourth-order valence-corrected chi connectivity index (χ4v) is 2.67. The summed E-state index contributed by atoms with van der Waals surface area (Å²) in [5.41, 5.74) is -2.20. The van der Waals surface area contributed by atoms with Crippen LogP contribution in [0, 0.1) is 19.3 Å². The van der Waals surface area contributed by atoms with E-state index >= 15 is 0 Å². The van der Waals surface area contributed by atoms with Crippen molar-refractivity contribution in [3.63, 3.8) is 0 Å². The number of H-pyrrole nitrogens is 1. The lowest BCUT2D eigenvalue weighted by Crippen LogP contribution is -2.51. The zero-order valence-electron chi connectivity index (χ0n) is 17.9. The zero-order chi connectivity index (χ0) is 21.9. The second kappa shape index (κ2) is 12.6. The van der Waals surface area contributed by atoms with Gasteiger partial charge in [-0.25, -0.2) is 4.79 Å². The number of aromatic amines is 1. The third-order valence-corrected chi connectivity index (χ3v) is 4.68. The Morgan fingerprint density at radius 2 is 1.93 bits per heavy atom. The number of hydrogen-bond acceptors (Lipinski definition) is 6. The lowest BCUT2D eigenvalue weighted by Gasteiger charge is -2.37. The van der Waals surface area contributed by atoms with E-state index in [1.54, 1.807) is 13.8 Å². The van der Waals surface area contributed by atoms with Gasteiger partial charge in [0.05, 0.1) is 19.3 Å². The first-order chi connectivity index (χ1) is 13.8. The Hall–Kier alpha value is -1.92. The number of nitrogens with one attached hydrogen (secondary N) is 1. The molecule has 1 heterocycles. The summed E-state index contributed by atoms with van der Waals surface area (Å²) in [5.74, 6) is 2.63. The molecule has 0 aliphatic carbocycles. The molecule has 29 heavy (non-hydrogen) atoms. The highest BCUT2D eigenvalue weighted by molar-refractivity contribution is 5.13. The molecule has 8 heteroatoms. The third-order valence-electron chi connectivity index (χ3n) is 4.68. The van der Waals surface area contributed by atoms with Gasteiger partial charge in [-0.05, 0) is 26.7 Å². The number of terminal acetylenes is 1. The van der Waals surface area contributed by atoms with Gasteiger partial charge in [-0.3, -0.25) is 14.3 Å². The maximum atomic E-state index is 12.2. The Morgan fingerprint density at radius 3 is 2.52 bits per heavy atom. The quantitative estimate of drug-likeness (QED) is 0.358. The van der Waals surface area contributed by atoms with E-state index in [1.165, 1.54) is 6.20 Å². The molecule has 0 amide bonds. The third kappa shape index (κ3) is 7.12. The summed E-state index contributed by atoms with van der Waals surface area (Å²) >= 11 is 0. The molecule has 164 valence electrons. The Kier molecular flexibility index (Phi) is 10.9. The van der Waals surface area contributed by atoms with Gasteiger partial charge in [-0.15, -0.1) is 6.42 Å². The van der Waals surface area contributed by atoms with Crippen LogP contribution in [-0.2, 0) is 14.2 Å². The van der Waals surface area contributed by atoms with Gasteiger partial charge >= 0.3 is 5.69 Å². The monoisotopic (exact) mass is 410 g/mol. The predicted molar refractivity (Wildman–Crippen MR) is 111 cm³/mol. The first-order valence-corrected chi connectivity index (χ1v) is 10.1. The molecule has 1 rings (SSSR count). The molecule has 1 aromatic heterocycles. The van der Waals surface area contributed by atoms with Gasteiger partial charge in [0.15, 0.2) is 11.8 Å². The van der Waals surface area contributed by atoms with Crippen LogP contribution in [0.1, 0.15) is 58.2 Å². The molecule has 0 saturated carbocycles. The van der Waals surface area contributed by atoms with Gasteiger partial charge in [-0.1, -0.05) is 32.6 Å². The van der Waals surface area contributed by atoms with Gasteiger partial charge in [0.25, 0.3) is 5.56 Å². The number of nitrogens with zero attached hydrogens (tertiary/aromatic N) is 1. The summed E-state index contributed by atoms with van der Waals surface area (Å²) in [4.78, 5) is 26.1. The number of rotatable bonds is 14. The van der Waals surface area contributed by atoms with Crippen LogP contribution in [0.2, 0.25) is 0 Å². The number of hydrogen-bond donors (Lipinski definition) is 2. The Labute approximate surface area is 172 Å². The number of aliphatic hydroxyl groups is 1. The summed E-state index contributed by atoms with van der Waals surface area (Å²) in [7, 11) is 0. The highest BCUT2D eigenvalue weighted by Gasteiger charge is 2.40. The largest absolute Gasteiger partial charge is 0.392 e. The number of aromatic nitrogens is 2.